The van der Waals surface area contributed by atoms with Gasteiger partial charge >= 0.3 is 5.97 Å². The van der Waals surface area contributed by atoms with Crippen molar-refractivity contribution in [2.45, 2.75) is 25.9 Å². The van der Waals surface area contributed by atoms with Gasteiger partial charge in [-0.05, 0) is 25.3 Å². The number of hydrogen-bond acceptors (Lipinski definition) is 4. The third-order valence-electron chi connectivity index (χ3n) is 2.30. The second-order valence-electron chi connectivity index (χ2n) is 3.71. The summed E-state index contributed by atoms with van der Waals surface area (Å²) in [5, 5.41) is 14.1. The molecule has 0 bridgehead atoms. The maximum Gasteiger partial charge on any atom is 0.326 e. The van der Waals surface area contributed by atoms with Crippen LogP contribution in [0.3, 0.4) is 0 Å². The summed E-state index contributed by atoms with van der Waals surface area (Å²) < 4.78 is 5.19. The van der Waals surface area contributed by atoms with Crippen molar-refractivity contribution in [3.8, 4) is 0 Å². The van der Waals surface area contributed by atoms with E-state index >= 15 is 0 Å². The molecule has 0 radical (unpaired) electrons. The van der Waals surface area contributed by atoms with Crippen LogP contribution in [0.4, 0.5) is 0 Å². The van der Waals surface area contributed by atoms with E-state index in [1.54, 1.807) is 18.3 Å². The number of nitrogens with one attached hydrogen (secondary N) is 1. The maximum absolute atomic E-state index is 11.1. The van der Waals surface area contributed by atoms with Gasteiger partial charge in [-0.25, -0.2) is 0 Å². The van der Waals surface area contributed by atoms with E-state index in [2.05, 4.69) is 5.32 Å². The van der Waals surface area contributed by atoms with Crippen molar-refractivity contribution in [3.05, 3.63) is 22.4 Å². The molecule has 0 spiro atoms. The predicted octanol–water partition coefficient (Wildman–Crippen LogP) is 1.72. The van der Waals surface area contributed by atoms with Gasteiger partial charge in [0.05, 0.1) is 6.61 Å². The Morgan fingerprint density at radius 1 is 1.69 bits per heavy atom. The second kappa shape index (κ2) is 5.98. The topological polar surface area (TPSA) is 58.6 Å². The second-order valence-corrected chi connectivity index (χ2v) is 4.74. The first kappa shape index (κ1) is 13.2. The third kappa shape index (κ3) is 3.59. The average molecular weight is 243 g/mol. The van der Waals surface area contributed by atoms with Gasteiger partial charge in [-0.15, -0.1) is 11.3 Å². The first-order valence-corrected chi connectivity index (χ1v) is 6.05. The van der Waals surface area contributed by atoms with Crippen molar-refractivity contribution in [3.63, 3.8) is 0 Å². The predicted molar refractivity (Wildman–Crippen MR) is 63.7 cm³/mol. The van der Waals surface area contributed by atoms with Gasteiger partial charge in [0.25, 0.3) is 0 Å². The van der Waals surface area contributed by atoms with Crippen molar-refractivity contribution in [1.29, 1.82) is 0 Å². The van der Waals surface area contributed by atoms with Gasteiger partial charge in [-0.3, -0.25) is 10.1 Å². The van der Waals surface area contributed by atoms with E-state index in [-0.39, 0.29) is 6.61 Å². The van der Waals surface area contributed by atoms with Crippen LogP contribution in [0, 0.1) is 0 Å². The molecule has 1 rings (SSSR count). The molecule has 1 unspecified atom stereocenters. The van der Waals surface area contributed by atoms with E-state index in [9.17, 15) is 4.79 Å². The summed E-state index contributed by atoms with van der Waals surface area (Å²) in [6, 6.07) is 3.92. The maximum atomic E-state index is 11.1. The van der Waals surface area contributed by atoms with Crippen LogP contribution in [0.5, 0.6) is 0 Å². The minimum absolute atomic E-state index is 0.171. The molecule has 1 aromatic rings. The number of aliphatic carboxylic acids is 1. The Kier molecular flexibility index (Phi) is 4.92. The Morgan fingerprint density at radius 3 is 2.94 bits per heavy atom. The zero-order chi connectivity index (χ0) is 12.0. The van der Waals surface area contributed by atoms with Crippen molar-refractivity contribution in [2.24, 2.45) is 0 Å². The van der Waals surface area contributed by atoms with Crippen LogP contribution in [0.2, 0.25) is 0 Å². The summed E-state index contributed by atoms with van der Waals surface area (Å²) in [4.78, 5) is 12.3. The zero-order valence-corrected chi connectivity index (χ0v) is 10.3. The molecule has 0 saturated heterocycles. The van der Waals surface area contributed by atoms with Gasteiger partial charge in [0, 0.05) is 18.0 Å². The van der Waals surface area contributed by atoms with Crippen molar-refractivity contribution in [2.75, 3.05) is 13.2 Å². The van der Waals surface area contributed by atoms with Gasteiger partial charge in [-0.2, -0.15) is 0 Å². The van der Waals surface area contributed by atoms with Crippen LogP contribution in [0.25, 0.3) is 0 Å². The number of carbonyl (C=O) groups is 1. The smallest absolute Gasteiger partial charge is 0.326 e. The zero-order valence-electron chi connectivity index (χ0n) is 9.53. The summed E-state index contributed by atoms with van der Waals surface area (Å²) in [5.74, 6) is -0.891. The van der Waals surface area contributed by atoms with E-state index in [0.29, 0.717) is 13.2 Å². The lowest BCUT2D eigenvalue weighted by Crippen LogP contribution is -2.52. The molecule has 16 heavy (non-hydrogen) atoms. The highest BCUT2D eigenvalue weighted by Crippen LogP contribution is 2.11. The van der Waals surface area contributed by atoms with Gasteiger partial charge in [0.15, 0.2) is 0 Å². The molecule has 1 aromatic heterocycles. The Balaban J connectivity index is 2.53. The molecular weight excluding hydrogens is 226 g/mol. The lowest BCUT2D eigenvalue weighted by molar-refractivity contribution is -0.146. The number of ether oxygens (including phenoxy) is 1. The first-order valence-electron chi connectivity index (χ1n) is 5.17. The molecule has 2 N–H and O–H groups in total. The van der Waals surface area contributed by atoms with Gasteiger partial charge in [-0.1, -0.05) is 6.07 Å². The average Bonchev–Trinajstić information content (AvgIpc) is 2.76. The standard InChI is InChI=1S/C11H17NO3S/c1-3-15-8-11(2,10(13)14)12-7-9-5-4-6-16-9/h4-6,12H,3,7-8H2,1-2H3,(H,13,14). The van der Waals surface area contributed by atoms with Gasteiger partial charge in [0.1, 0.15) is 5.54 Å². The van der Waals surface area contributed by atoms with Crippen LogP contribution in [-0.2, 0) is 16.1 Å². The van der Waals surface area contributed by atoms with Crippen LogP contribution in [-0.4, -0.2) is 29.8 Å². The van der Waals surface area contributed by atoms with Crippen LogP contribution in [0.1, 0.15) is 18.7 Å². The van der Waals surface area contributed by atoms with E-state index in [1.807, 2.05) is 24.4 Å². The summed E-state index contributed by atoms with van der Waals surface area (Å²) in [6.45, 7) is 4.72. The molecule has 1 atom stereocenters. The molecule has 0 saturated carbocycles. The Bertz CT molecular complexity index is 326. The van der Waals surface area contributed by atoms with E-state index in [0.717, 1.165) is 4.88 Å². The fourth-order valence-electron chi connectivity index (χ4n) is 1.19. The molecule has 4 nitrogen and oxygen atoms in total. The number of rotatable bonds is 7. The Hall–Kier alpha value is -0.910. The minimum atomic E-state index is -1.03. The Labute approximate surface area is 99.2 Å². The summed E-state index contributed by atoms with van der Waals surface area (Å²) in [6.07, 6.45) is 0. The number of carboxylic acid groups (broad SMARTS) is 1. The molecular formula is C11H17NO3S. The highest BCUT2D eigenvalue weighted by atomic mass is 32.1. The highest BCUT2D eigenvalue weighted by molar-refractivity contribution is 7.09. The molecule has 5 heteroatoms. The SMILES string of the molecule is CCOCC(C)(NCc1cccs1)C(=O)O. The van der Waals surface area contributed by atoms with E-state index < -0.39 is 11.5 Å². The molecule has 0 aromatic carbocycles. The lowest BCUT2D eigenvalue weighted by Gasteiger charge is -2.25. The molecule has 0 amide bonds. The lowest BCUT2D eigenvalue weighted by atomic mass is 10.0. The Morgan fingerprint density at radius 2 is 2.44 bits per heavy atom. The summed E-state index contributed by atoms with van der Waals surface area (Å²) in [7, 11) is 0. The van der Waals surface area contributed by atoms with Crippen molar-refractivity contribution < 1.29 is 14.6 Å². The fourth-order valence-corrected chi connectivity index (χ4v) is 1.83. The van der Waals surface area contributed by atoms with Crippen molar-refractivity contribution >= 4 is 17.3 Å². The normalized spacial score (nSPS) is 14.6. The van der Waals surface area contributed by atoms with Crippen molar-refractivity contribution in [1.82, 2.24) is 5.32 Å². The third-order valence-corrected chi connectivity index (χ3v) is 3.18. The van der Waals surface area contributed by atoms with Crippen LogP contribution >= 0.6 is 11.3 Å². The van der Waals surface area contributed by atoms with E-state index in [1.165, 1.54) is 0 Å². The number of thiophene rings is 1. The largest absolute Gasteiger partial charge is 0.480 e. The summed E-state index contributed by atoms with van der Waals surface area (Å²) in [5.41, 5.74) is -1.03. The molecule has 0 aliphatic heterocycles. The van der Waals surface area contributed by atoms with Crippen LogP contribution < -0.4 is 5.32 Å². The molecule has 0 aliphatic rings. The monoisotopic (exact) mass is 243 g/mol. The van der Waals surface area contributed by atoms with Gasteiger partial charge in [0.2, 0.25) is 0 Å². The molecule has 0 aliphatic carbocycles. The first-order chi connectivity index (χ1) is 7.58. The molecule has 0 fully saturated rings. The van der Waals surface area contributed by atoms with Gasteiger partial charge < -0.3 is 9.84 Å². The van der Waals surface area contributed by atoms with E-state index in [4.69, 9.17) is 9.84 Å². The fraction of sp³-hybridized carbons (Fsp3) is 0.545. The minimum Gasteiger partial charge on any atom is -0.480 e. The molecule has 90 valence electrons. The summed E-state index contributed by atoms with van der Waals surface area (Å²) >= 11 is 1.60. The highest BCUT2D eigenvalue weighted by Gasteiger charge is 2.32. The number of hydrogen-bond donors (Lipinski definition) is 2. The quantitative estimate of drug-likeness (QED) is 0.765. The van der Waals surface area contributed by atoms with Crippen LogP contribution in [0.15, 0.2) is 17.5 Å². The number of carboxylic acids is 1. The molecule has 1 heterocycles.